The number of fused-ring (bicyclic) bond motifs is 1. The molecule has 3 fully saturated rings. The Morgan fingerprint density at radius 2 is 1.70 bits per heavy atom. The molecular weight excluding hydrogens is 486 g/mol. The summed E-state index contributed by atoms with van der Waals surface area (Å²) in [6.45, 7) is 6.41. The van der Waals surface area contributed by atoms with Gasteiger partial charge in [-0.2, -0.15) is 0 Å². The maximum Gasteiger partial charge on any atom is 0.248 e. The Hall–Kier alpha value is -2.84. The lowest BCUT2D eigenvalue weighted by Gasteiger charge is -2.35. The first kappa shape index (κ1) is 25.8. The molecule has 0 aliphatic carbocycles. The van der Waals surface area contributed by atoms with E-state index in [9.17, 15) is 19.5 Å². The monoisotopic (exact) mass is 521 g/mol. The number of rotatable bonds is 8. The van der Waals surface area contributed by atoms with Gasteiger partial charge in [0.1, 0.15) is 6.04 Å². The lowest BCUT2D eigenvalue weighted by Crippen LogP contribution is -2.52. The number of unbranched alkanes of at least 4 members (excludes halogenated alkanes) is 1. The van der Waals surface area contributed by atoms with Crippen LogP contribution in [-0.2, 0) is 14.4 Å². The number of carbonyl (C=O) groups excluding carboxylic acids is 3. The maximum atomic E-state index is 14.1. The summed E-state index contributed by atoms with van der Waals surface area (Å²) >= 11 is 1.67. The fourth-order valence-corrected chi connectivity index (χ4v) is 9.06. The molecule has 2 bridgehead atoms. The average Bonchev–Trinajstić information content (AvgIpc) is 3.43. The molecule has 8 heteroatoms. The van der Waals surface area contributed by atoms with Gasteiger partial charge < -0.3 is 20.6 Å². The van der Waals surface area contributed by atoms with Crippen LogP contribution in [0.25, 0.3) is 0 Å². The van der Waals surface area contributed by atoms with Crippen molar-refractivity contribution in [3.8, 4) is 0 Å². The van der Waals surface area contributed by atoms with Crippen LogP contribution in [0.1, 0.15) is 43.7 Å². The summed E-state index contributed by atoms with van der Waals surface area (Å²) in [5.41, 5.74) is 3.41. The van der Waals surface area contributed by atoms with Crippen LogP contribution >= 0.6 is 11.8 Å². The second-order valence-corrected chi connectivity index (χ2v) is 12.7. The Balaban J connectivity index is 1.50. The van der Waals surface area contributed by atoms with Crippen molar-refractivity contribution in [3.05, 3.63) is 59.7 Å². The zero-order valence-corrected chi connectivity index (χ0v) is 22.4. The lowest BCUT2D eigenvalue weighted by molar-refractivity contribution is -0.139. The molecule has 1 spiro atoms. The van der Waals surface area contributed by atoms with E-state index in [-0.39, 0.29) is 24.3 Å². The van der Waals surface area contributed by atoms with Crippen LogP contribution in [0.15, 0.2) is 48.5 Å². The molecule has 0 saturated carbocycles. The van der Waals surface area contributed by atoms with E-state index in [1.807, 2.05) is 62.4 Å². The minimum atomic E-state index is -0.677. The van der Waals surface area contributed by atoms with Gasteiger partial charge in [-0.3, -0.25) is 14.4 Å². The third kappa shape index (κ3) is 4.24. The highest BCUT2D eigenvalue weighted by atomic mass is 32.2. The zero-order chi connectivity index (χ0) is 26.4. The predicted molar refractivity (Wildman–Crippen MR) is 146 cm³/mol. The van der Waals surface area contributed by atoms with Gasteiger partial charge in [0.2, 0.25) is 17.7 Å². The second-order valence-electron chi connectivity index (χ2n) is 10.8. The van der Waals surface area contributed by atoms with Crippen LogP contribution in [0.3, 0.4) is 0 Å². The number of aliphatic hydroxyl groups is 1. The first-order chi connectivity index (χ1) is 17.7. The fourth-order valence-electron chi connectivity index (χ4n) is 6.71. The topological polar surface area (TPSA) is 98.7 Å². The molecule has 0 radical (unpaired) electrons. The molecule has 2 unspecified atom stereocenters. The Kier molecular flexibility index (Phi) is 6.83. The van der Waals surface area contributed by atoms with Crippen molar-refractivity contribution in [2.45, 2.75) is 62.0 Å². The SMILES string of the molecule is Cc1cccc(C)c1NC(=O)C1N(CCCCO)C(=O)[C@@H]2[C@H](C(=O)Nc3ccccc3)[C@]3(C)CCC12S3. The van der Waals surface area contributed by atoms with Gasteiger partial charge in [0.05, 0.1) is 16.6 Å². The van der Waals surface area contributed by atoms with E-state index in [4.69, 9.17) is 0 Å². The van der Waals surface area contributed by atoms with Crippen molar-refractivity contribution in [2.24, 2.45) is 11.8 Å². The number of para-hydroxylation sites is 2. The van der Waals surface area contributed by atoms with E-state index in [0.29, 0.717) is 31.5 Å². The molecule has 5 atom stereocenters. The standard InChI is InChI=1S/C29H35N3O4S/c1-18-10-9-11-19(2)23(18)31-26(35)24-29-15-14-28(3,37-29)21(25(34)30-20-12-5-4-6-13-20)22(29)27(36)32(24)16-7-8-17-33/h4-6,9-13,21-22,24,33H,7-8,14-17H2,1-3H3,(H,30,34)(H,31,35)/t21-,22+,24?,28+,29?/m1/s1. The van der Waals surface area contributed by atoms with Crippen LogP contribution in [-0.4, -0.2) is 56.4 Å². The molecule has 3 N–H and O–H groups in total. The van der Waals surface area contributed by atoms with E-state index < -0.39 is 27.4 Å². The van der Waals surface area contributed by atoms with Crippen molar-refractivity contribution in [2.75, 3.05) is 23.8 Å². The minimum Gasteiger partial charge on any atom is -0.396 e. The molecule has 37 heavy (non-hydrogen) atoms. The maximum absolute atomic E-state index is 14.1. The zero-order valence-electron chi connectivity index (χ0n) is 21.6. The number of anilines is 2. The van der Waals surface area contributed by atoms with E-state index in [1.54, 1.807) is 16.7 Å². The summed E-state index contributed by atoms with van der Waals surface area (Å²) in [6, 6.07) is 14.5. The number of aryl methyl sites for hydroxylation is 2. The number of thioether (sulfide) groups is 1. The van der Waals surface area contributed by atoms with Crippen molar-refractivity contribution in [3.63, 3.8) is 0 Å². The van der Waals surface area contributed by atoms with Gasteiger partial charge in [0, 0.05) is 29.3 Å². The lowest BCUT2D eigenvalue weighted by atomic mass is 9.66. The molecule has 0 aromatic heterocycles. The summed E-state index contributed by atoms with van der Waals surface area (Å²) in [5.74, 6) is -1.57. The van der Waals surface area contributed by atoms with Gasteiger partial charge in [0.15, 0.2) is 0 Å². The van der Waals surface area contributed by atoms with Crippen LogP contribution in [0.5, 0.6) is 0 Å². The summed E-state index contributed by atoms with van der Waals surface area (Å²) < 4.78 is -1.09. The van der Waals surface area contributed by atoms with E-state index in [1.165, 1.54) is 0 Å². The molecule has 5 rings (SSSR count). The number of carbonyl (C=O) groups is 3. The third-order valence-electron chi connectivity index (χ3n) is 8.39. The van der Waals surface area contributed by atoms with E-state index in [0.717, 1.165) is 23.2 Å². The van der Waals surface area contributed by atoms with Crippen LogP contribution < -0.4 is 10.6 Å². The van der Waals surface area contributed by atoms with Gasteiger partial charge in [-0.15, -0.1) is 11.8 Å². The Labute approximate surface area is 222 Å². The number of nitrogens with zero attached hydrogens (tertiary/aromatic N) is 1. The highest BCUT2D eigenvalue weighted by molar-refractivity contribution is 8.02. The van der Waals surface area contributed by atoms with Gasteiger partial charge in [-0.25, -0.2) is 0 Å². The summed E-state index contributed by atoms with van der Waals surface area (Å²) in [7, 11) is 0. The summed E-state index contributed by atoms with van der Waals surface area (Å²) in [5, 5.41) is 15.5. The van der Waals surface area contributed by atoms with Gasteiger partial charge >= 0.3 is 0 Å². The highest BCUT2D eigenvalue weighted by Gasteiger charge is 2.77. The highest BCUT2D eigenvalue weighted by Crippen LogP contribution is 2.71. The summed E-state index contributed by atoms with van der Waals surface area (Å²) in [4.78, 5) is 43.5. The van der Waals surface area contributed by atoms with E-state index in [2.05, 4.69) is 17.6 Å². The number of likely N-dealkylation sites (tertiary alicyclic amines) is 1. The number of hydrogen-bond acceptors (Lipinski definition) is 5. The number of amides is 3. The summed E-state index contributed by atoms with van der Waals surface area (Å²) in [6.07, 6.45) is 2.63. The second kappa shape index (κ2) is 9.80. The van der Waals surface area contributed by atoms with Crippen molar-refractivity contribution in [1.29, 1.82) is 0 Å². The first-order valence-electron chi connectivity index (χ1n) is 13.1. The smallest absolute Gasteiger partial charge is 0.248 e. The van der Waals surface area contributed by atoms with Crippen LogP contribution in [0.2, 0.25) is 0 Å². The first-order valence-corrected chi connectivity index (χ1v) is 13.9. The van der Waals surface area contributed by atoms with Crippen LogP contribution in [0, 0.1) is 25.7 Å². The number of hydrogen-bond donors (Lipinski definition) is 3. The minimum absolute atomic E-state index is 0.0325. The van der Waals surface area contributed by atoms with Crippen molar-refractivity contribution < 1.29 is 19.5 Å². The van der Waals surface area contributed by atoms with Gasteiger partial charge in [0.25, 0.3) is 0 Å². The molecule has 3 heterocycles. The molecule has 3 aliphatic heterocycles. The molecular formula is C29H35N3O4S. The molecule has 196 valence electrons. The average molecular weight is 522 g/mol. The van der Waals surface area contributed by atoms with Crippen molar-refractivity contribution >= 4 is 40.9 Å². The largest absolute Gasteiger partial charge is 0.396 e. The normalized spacial score (nSPS) is 29.9. The predicted octanol–water partition coefficient (Wildman–Crippen LogP) is 4.13. The van der Waals surface area contributed by atoms with Crippen molar-refractivity contribution in [1.82, 2.24) is 4.90 Å². The quantitative estimate of drug-likeness (QED) is 0.454. The fraction of sp³-hybridized carbons (Fsp3) is 0.483. The molecule has 2 aromatic carbocycles. The third-order valence-corrected chi connectivity index (χ3v) is 10.4. The molecule has 3 aliphatic rings. The molecule has 2 aromatic rings. The number of aliphatic hydroxyl groups excluding tert-OH is 1. The molecule has 3 saturated heterocycles. The molecule has 7 nitrogen and oxygen atoms in total. The number of nitrogens with one attached hydrogen (secondary N) is 2. The molecule has 3 amide bonds. The van der Waals surface area contributed by atoms with Gasteiger partial charge in [-0.1, -0.05) is 36.4 Å². The van der Waals surface area contributed by atoms with E-state index >= 15 is 0 Å². The Bertz CT molecular complexity index is 1200. The van der Waals surface area contributed by atoms with Crippen LogP contribution in [0.4, 0.5) is 11.4 Å². The Morgan fingerprint density at radius 1 is 1.00 bits per heavy atom. The Morgan fingerprint density at radius 3 is 2.38 bits per heavy atom. The number of benzene rings is 2. The van der Waals surface area contributed by atoms with Gasteiger partial charge in [-0.05, 0) is 69.7 Å².